The Morgan fingerprint density at radius 1 is 1.06 bits per heavy atom. The van der Waals surface area contributed by atoms with Crippen LogP contribution in [0.2, 0.25) is 0 Å². The van der Waals surface area contributed by atoms with Crippen LogP contribution in [0.4, 0.5) is 0 Å². The van der Waals surface area contributed by atoms with Crippen LogP contribution in [0.3, 0.4) is 0 Å². The lowest BCUT2D eigenvalue weighted by Gasteiger charge is -2.25. The van der Waals surface area contributed by atoms with Gasteiger partial charge in [-0.05, 0) is 31.5 Å². The molecule has 0 saturated carbocycles. The van der Waals surface area contributed by atoms with Gasteiger partial charge in [0.25, 0.3) is 0 Å². The molecule has 0 aromatic heterocycles. The molecule has 0 saturated heterocycles. The van der Waals surface area contributed by atoms with E-state index in [0.29, 0.717) is 16.4 Å². The third kappa shape index (κ3) is 2.84. The van der Waals surface area contributed by atoms with Crippen molar-refractivity contribution in [1.29, 1.82) is 0 Å². The highest BCUT2D eigenvalue weighted by atomic mass is 32.2. The summed E-state index contributed by atoms with van der Waals surface area (Å²) in [5, 5.41) is 0. The topological polar surface area (TPSA) is 44.8 Å². The summed E-state index contributed by atoms with van der Waals surface area (Å²) in [4.78, 5) is 0.565. The van der Waals surface area contributed by atoms with E-state index in [9.17, 15) is 4.21 Å². The quantitative estimate of drug-likeness (QED) is 0.825. The monoisotopic (exact) mass is 272 g/mol. The van der Waals surface area contributed by atoms with E-state index in [1.54, 1.807) is 27.6 Å². The first-order chi connectivity index (χ1) is 8.37. The zero-order valence-electron chi connectivity index (χ0n) is 11.7. The average Bonchev–Trinajstić information content (AvgIpc) is 2.36. The van der Waals surface area contributed by atoms with Gasteiger partial charge < -0.3 is 14.2 Å². The Labute approximate surface area is 111 Å². The molecule has 0 aliphatic rings. The summed E-state index contributed by atoms with van der Waals surface area (Å²) in [5.41, 5.74) is 0.446. The molecule has 1 aromatic carbocycles. The van der Waals surface area contributed by atoms with Crippen LogP contribution in [0.15, 0.2) is 17.0 Å². The van der Waals surface area contributed by atoms with Gasteiger partial charge in [0.1, 0.15) is 16.4 Å². The molecule has 5 heteroatoms. The van der Waals surface area contributed by atoms with Crippen molar-refractivity contribution in [2.45, 2.75) is 24.3 Å². The highest BCUT2D eigenvalue weighted by Gasteiger charge is 2.24. The maximum absolute atomic E-state index is 11.8. The number of rotatable bonds is 5. The Hall–Kier alpha value is -1.07. The summed E-state index contributed by atoms with van der Waals surface area (Å²) in [6, 6.07) is 3.67. The number of benzene rings is 1. The Bertz CT molecular complexity index is 429. The third-order valence-corrected chi connectivity index (χ3v) is 3.93. The van der Waals surface area contributed by atoms with Gasteiger partial charge in [0.2, 0.25) is 0 Å². The van der Waals surface area contributed by atoms with Crippen molar-refractivity contribution in [2.24, 2.45) is 0 Å². The maximum atomic E-state index is 11.8. The molecule has 1 unspecified atom stereocenters. The Morgan fingerprint density at radius 3 is 1.78 bits per heavy atom. The molecule has 0 radical (unpaired) electrons. The van der Waals surface area contributed by atoms with Gasteiger partial charge in [0.15, 0.2) is 0 Å². The SMILES string of the molecule is COc1cc(C(C)(C)OC)cc(OC)c1S(C)=O. The number of hydrogen-bond donors (Lipinski definition) is 0. The maximum Gasteiger partial charge on any atom is 0.139 e. The van der Waals surface area contributed by atoms with Crippen molar-refractivity contribution in [2.75, 3.05) is 27.6 Å². The van der Waals surface area contributed by atoms with Crippen LogP contribution in [0.1, 0.15) is 19.4 Å². The fraction of sp³-hybridized carbons (Fsp3) is 0.538. The summed E-state index contributed by atoms with van der Waals surface area (Å²) >= 11 is 0. The van der Waals surface area contributed by atoms with Gasteiger partial charge in [-0.2, -0.15) is 0 Å². The molecule has 1 aromatic rings. The molecule has 0 N–H and O–H groups in total. The first-order valence-electron chi connectivity index (χ1n) is 5.52. The van der Waals surface area contributed by atoms with E-state index in [-0.39, 0.29) is 0 Å². The zero-order valence-corrected chi connectivity index (χ0v) is 12.5. The predicted octanol–water partition coefficient (Wildman–Crippen LogP) is 2.32. The second-order valence-corrected chi connectivity index (χ2v) is 5.69. The van der Waals surface area contributed by atoms with E-state index in [1.165, 1.54) is 0 Å². The molecule has 1 rings (SSSR count). The van der Waals surface area contributed by atoms with Crippen molar-refractivity contribution < 1.29 is 18.4 Å². The van der Waals surface area contributed by atoms with Crippen LogP contribution in [0.5, 0.6) is 11.5 Å². The highest BCUT2D eigenvalue weighted by Crippen LogP contribution is 2.37. The van der Waals surface area contributed by atoms with E-state index in [0.717, 1.165) is 5.56 Å². The molecule has 102 valence electrons. The third-order valence-electron chi connectivity index (χ3n) is 2.95. The zero-order chi connectivity index (χ0) is 13.9. The molecule has 18 heavy (non-hydrogen) atoms. The minimum atomic E-state index is -1.18. The van der Waals surface area contributed by atoms with Gasteiger partial charge in [-0.3, -0.25) is 4.21 Å². The molecule has 0 heterocycles. The molecule has 1 atom stereocenters. The Kier molecular flexibility index (Phi) is 4.76. The van der Waals surface area contributed by atoms with Gasteiger partial charge in [0, 0.05) is 13.4 Å². The largest absolute Gasteiger partial charge is 0.495 e. The highest BCUT2D eigenvalue weighted by molar-refractivity contribution is 7.84. The van der Waals surface area contributed by atoms with Crippen LogP contribution in [0.25, 0.3) is 0 Å². The van der Waals surface area contributed by atoms with Gasteiger partial charge in [0.05, 0.1) is 30.6 Å². The van der Waals surface area contributed by atoms with Crippen molar-refractivity contribution >= 4 is 10.8 Å². The fourth-order valence-corrected chi connectivity index (χ4v) is 2.48. The fourth-order valence-electron chi connectivity index (χ4n) is 1.63. The summed E-state index contributed by atoms with van der Waals surface area (Å²) in [5.74, 6) is 1.10. The Balaban J connectivity index is 3.49. The lowest BCUT2D eigenvalue weighted by molar-refractivity contribution is 0.0188. The molecule has 0 aliphatic heterocycles. The molecule has 0 aliphatic carbocycles. The van der Waals surface area contributed by atoms with Crippen LogP contribution in [-0.2, 0) is 21.1 Å². The second-order valence-electron chi connectivity index (χ2n) is 4.38. The van der Waals surface area contributed by atoms with Crippen molar-refractivity contribution in [3.05, 3.63) is 17.7 Å². The minimum Gasteiger partial charge on any atom is -0.495 e. The summed E-state index contributed by atoms with van der Waals surface area (Å²) in [6.07, 6.45) is 1.60. The predicted molar refractivity (Wildman–Crippen MR) is 71.9 cm³/mol. The summed E-state index contributed by atoms with van der Waals surface area (Å²) in [7, 11) is 3.56. The lowest BCUT2D eigenvalue weighted by atomic mass is 9.97. The molecular weight excluding hydrogens is 252 g/mol. The first kappa shape index (κ1) is 15.0. The normalized spacial score (nSPS) is 13.2. The van der Waals surface area contributed by atoms with E-state index in [1.807, 2.05) is 26.0 Å². The van der Waals surface area contributed by atoms with E-state index >= 15 is 0 Å². The molecule has 0 amide bonds. The van der Waals surface area contributed by atoms with Crippen molar-refractivity contribution in [3.8, 4) is 11.5 Å². The van der Waals surface area contributed by atoms with E-state index in [4.69, 9.17) is 14.2 Å². The van der Waals surface area contributed by atoms with Gasteiger partial charge in [-0.15, -0.1) is 0 Å². The van der Waals surface area contributed by atoms with Gasteiger partial charge >= 0.3 is 0 Å². The van der Waals surface area contributed by atoms with Crippen molar-refractivity contribution in [1.82, 2.24) is 0 Å². The van der Waals surface area contributed by atoms with E-state index < -0.39 is 16.4 Å². The summed E-state index contributed by atoms with van der Waals surface area (Å²) in [6.45, 7) is 3.90. The number of ether oxygens (including phenoxy) is 3. The number of hydrogen-bond acceptors (Lipinski definition) is 4. The van der Waals surface area contributed by atoms with Gasteiger partial charge in [-0.1, -0.05) is 0 Å². The standard InChI is InChI=1S/C13H20O4S/c1-13(2,17-5)9-7-10(15-3)12(18(6)14)11(8-9)16-4/h7-8H,1-6H3. The van der Waals surface area contributed by atoms with Crippen LogP contribution in [0, 0.1) is 0 Å². The first-order valence-corrected chi connectivity index (χ1v) is 7.08. The lowest BCUT2D eigenvalue weighted by Crippen LogP contribution is -2.20. The van der Waals surface area contributed by atoms with Crippen LogP contribution >= 0.6 is 0 Å². The molecule has 4 nitrogen and oxygen atoms in total. The van der Waals surface area contributed by atoms with Crippen molar-refractivity contribution in [3.63, 3.8) is 0 Å². The smallest absolute Gasteiger partial charge is 0.139 e. The second kappa shape index (κ2) is 5.71. The van der Waals surface area contributed by atoms with Gasteiger partial charge in [-0.25, -0.2) is 0 Å². The molecular formula is C13H20O4S. The molecule has 0 spiro atoms. The Morgan fingerprint density at radius 2 is 1.50 bits per heavy atom. The van der Waals surface area contributed by atoms with E-state index in [2.05, 4.69) is 0 Å². The van der Waals surface area contributed by atoms with Crippen LogP contribution < -0.4 is 9.47 Å². The minimum absolute atomic E-state index is 0.464. The average molecular weight is 272 g/mol. The molecule has 0 fully saturated rings. The summed E-state index contributed by atoms with van der Waals surface area (Å²) < 4.78 is 27.8. The number of methoxy groups -OCH3 is 3. The van der Waals surface area contributed by atoms with Crippen LogP contribution in [-0.4, -0.2) is 31.8 Å². The molecule has 0 bridgehead atoms.